The van der Waals surface area contributed by atoms with Gasteiger partial charge in [-0.2, -0.15) is 0 Å². The number of nitrogens with zero attached hydrogens (tertiary/aromatic N) is 1. The zero-order valence-electron chi connectivity index (χ0n) is 14.8. The standard InChI is InChI=1S/C21H26N2O/c1-15-8-10-19(12-16(15)2)22-21(24)14-23(3)20-11-9-17-6-4-5-7-18(17)13-20/h4-8,10,12,20H,9,11,13-14H2,1-3H3,(H,22,24). The van der Waals surface area contributed by atoms with Gasteiger partial charge in [0.05, 0.1) is 6.54 Å². The molecule has 0 aromatic heterocycles. The Morgan fingerprint density at radius 2 is 1.88 bits per heavy atom. The molecule has 0 saturated heterocycles. The van der Waals surface area contributed by atoms with Crippen molar-refractivity contribution in [3.8, 4) is 0 Å². The Kier molecular flexibility index (Phi) is 5.00. The van der Waals surface area contributed by atoms with E-state index in [1.54, 1.807) is 0 Å². The highest BCUT2D eigenvalue weighted by atomic mass is 16.2. The molecular weight excluding hydrogens is 296 g/mol. The van der Waals surface area contributed by atoms with Crippen molar-refractivity contribution in [1.82, 2.24) is 4.90 Å². The highest BCUT2D eigenvalue weighted by molar-refractivity contribution is 5.92. The number of amides is 1. The monoisotopic (exact) mass is 322 g/mol. The third kappa shape index (κ3) is 3.85. The molecule has 126 valence electrons. The van der Waals surface area contributed by atoms with Gasteiger partial charge in [0, 0.05) is 11.7 Å². The maximum absolute atomic E-state index is 12.4. The van der Waals surface area contributed by atoms with Crippen molar-refractivity contribution in [3.05, 3.63) is 64.7 Å². The number of carbonyl (C=O) groups is 1. The van der Waals surface area contributed by atoms with Crippen LogP contribution in [0.15, 0.2) is 42.5 Å². The first-order valence-corrected chi connectivity index (χ1v) is 8.67. The zero-order valence-corrected chi connectivity index (χ0v) is 14.8. The first kappa shape index (κ1) is 16.7. The predicted molar refractivity (Wildman–Crippen MR) is 99.4 cm³/mol. The van der Waals surface area contributed by atoms with Gasteiger partial charge in [-0.1, -0.05) is 30.3 Å². The van der Waals surface area contributed by atoms with Crippen molar-refractivity contribution in [2.75, 3.05) is 18.9 Å². The van der Waals surface area contributed by atoms with Crippen LogP contribution in [0.25, 0.3) is 0 Å². The van der Waals surface area contributed by atoms with Crippen LogP contribution in [-0.2, 0) is 17.6 Å². The molecule has 0 aliphatic heterocycles. The van der Waals surface area contributed by atoms with Gasteiger partial charge in [-0.05, 0) is 74.5 Å². The third-order valence-corrected chi connectivity index (χ3v) is 5.13. The summed E-state index contributed by atoms with van der Waals surface area (Å²) in [6.45, 7) is 4.58. The topological polar surface area (TPSA) is 32.3 Å². The quantitative estimate of drug-likeness (QED) is 0.930. The van der Waals surface area contributed by atoms with E-state index in [4.69, 9.17) is 0 Å². The van der Waals surface area contributed by atoms with E-state index in [9.17, 15) is 4.79 Å². The minimum absolute atomic E-state index is 0.0552. The van der Waals surface area contributed by atoms with Gasteiger partial charge in [-0.25, -0.2) is 0 Å². The molecule has 0 heterocycles. The van der Waals surface area contributed by atoms with E-state index >= 15 is 0 Å². The van der Waals surface area contributed by atoms with Crippen LogP contribution in [0.3, 0.4) is 0 Å². The van der Waals surface area contributed by atoms with Crippen LogP contribution >= 0.6 is 0 Å². The molecule has 0 bridgehead atoms. The Labute approximate surface area is 144 Å². The van der Waals surface area contributed by atoms with Gasteiger partial charge in [0.1, 0.15) is 0 Å². The number of hydrogen-bond acceptors (Lipinski definition) is 2. The van der Waals surface area contributed by atoms with Crippen LogP contribution < -0.4 is 5.32 Å². The molecule has 3 nitrogen and oxygen atoms in total. The summed E-state index contributed by atoms with van der Waals surface area (Å²) < 4.78 is 0. The lowest BCUT2D eigenvalue weighted by atomic mass is 9.88. The Hall–Kier alpha value is -2.13. The number of carbonyl (C=O) groups excluding carboxylic acids is 1. The van der Waals surface area contributed by atoms with E-state index in [2.05, 4.69) is 55.4 Å². The summed E-state index contributed by atoms with van der Waals surface area (Å²) in [5.41, 5.74) is 6.21. The fourth-order valence-electron chi connectivity index (χ4n) is 3.43. The average Bonchev–Trinajstić information content (AvgIpc) is 2.57. The number of fused-ring (bicyclic) bond motifs is 1. The van der Waals surface area contributed by atoms with Gasteiger partial charge in [0.2, 0.25) is 5.91 Å². The van der Waals surface area contributed by atoms with E-state index in [1.165, 1.54) is 22.3 Å². The molecule has 0 saturated carbocycles. The lowest BCUT2D eigenvalue weighted by Gasteiger charge is -2.32. The molecule has 1 atom stereocenters. The molecule has 1 amide bonds. The van der Waals surface area contributed by atoms with Crippen LogP contribution in [0, 0.1) is 13.8 Å². The SMILES string of the molecule is Cc1ccc(NC(=O)CN(C)C2CCc3ccccc3C2)cc1C. The maximum Gasteiger partial charge on any atom is 0.238 e. The molecule has 0 radical (unpaired) electrons. The van der Waals surface area contributed by atoms with Crippen molar-refractivity contribution in [1.29, 1.82) is 0 Å². The first-order valence-electron chi connectivity index (χ1n) is 8.67. The minimum atomic E-state index is 0.0552. The molecule has 0 spiro atoms. The Morgan fingerprint density at radius 3 is 2.62 bits per heavy atom. The summed E-state index contributed by atoms with van der Waals surface area (Å²) >= 11 is 0. The minimum Gasteiger partial charge on any atom is -0.325 e. The zero-order chi connectivity index (χ0) is 17.1. The second-order valence-electron chi connectivity index (χ2n) is 6.93. The first-order chi connectivity index (χ1) is 11.5. The Balaban J connectivity index is 1.57. The lowest BCUT2D eigenvalue weighted by Crippen LogP contribution is -2.41. The largest absolute Gasteiger partial charge is 0.325 e. The second kappa shape index (κ2) is 7.18. The van der Waals surface area contributed by atoms with E-state index in [1.807, 2.05) is 18.2 Å². The normalized spacial score (nSPS) is 16.8. The Morgan fingerprint density at radius 1 is 1.12 bits per heavy atom. The molecule has 1 unspecified atom stereocenters. The number of anilines is 1. The molecule has 1 aliphatic carbocycles. The van der Waals surface area contributed by atoms with Crippen molar-refractivity contribution in [2.45, 2.75) is 39.2 Å². The highest BCUT2D eigenvalue weighted by Gasteiger charge is 2.23. The summed E-state index contributed by atoms with van der Waals surface area (Å²) in [4.78, 5) is 14.5. The molecule has 1 N–H and O–H groups in total. The van der Waals surface area contributed by atoms with Crippen molar-refractivity contribution in [3.63, 3.8) is 0 Å². The van der Waals surface area contributed by atoms with Gasteiger partial charge in [0.15, 0.2) is 0 Å². The van der Waals surface area contributed by atoms with Crippen LogP contribution in [0.2, 0.25) is 0 Å². The van der Waals surface area contributed by atoms with Gasteiger partial charge in [-0.15, -0.1) is 0 Å². The van der Waals surface area contributed by atoms with Crippen molar-refractivity contribution >= 4 is 11.6 Å². The van der Waals surface area contributed by atoms with E-state index in [-0.39, 0.29) is 5.91 Å². The molecule has 24 heavy (non-hydrogen) atoms. The van der Waals surface area contributed by atoms with Gasteiger partial charge in [-0.3, -0.25) is 9.69 Å². The van der Waals surface area contributed by atoms with Crippen molar-refractivity contribution < 1.29 is 4.79 Å². The fourth-order valence-corrected chi connectivity index (χ4v) is 3.43. The third-order valence-electron chi connectivity index (χ3n) is 5.13. The summed E-state index contributed by atoms with van der Waals surface area (Å²) in [5.74, 6) is 0.0552. The molecule has 3 heteroatoms. The highest BCUT2D eigenvalue weighted by Crippen LogP contribution is 2.23. The Bertz CT molecular complexity index is 738. The predicted octanol–water partition coefficient (Wildman–Crippen LogP) is 3.73. The fraction of sp³-hybridized carbons (Fsp3) is 0.381. The van der Waals surface area contributed by atoms with Gasteiger partial charge < -0.3 is 5.32 Å². The number of aryl methyl sites for hydroxylation is 3. The summed E-state index contributed by atoms with van der Waals surface area (Å²) in [6.07, 6.45) is 3.25. The second-order valence-corrected chi connectivity index (χ2v) is 6.93. The number of rotatable bonds is 4. The molecule has 0 fully saturated rings. The van der Waals surface area contributed by atoms with Gasteiger partial charge >= 0.3 is 0 Å². The maximum atomic E-state index is 12.4. The number of hydrogen-bond donors (Lipinski definition) is 1. The summed E-state index contributed by atoms with van der Waals surface area (Å²) in [5, 5.41) is 3.02. The molecular formula is C21H26N2O. The summed E-state index contributed by atoms with van der Waals surface area (Å²) in [7, 11) is 2.05. The van der Waals surface area contributed by atoms with Crippen LogP contribution in [-0.4, -0.2) is 30.4 Å². The number of benzene rings is 2. The van der Waals surface area contributed by atoms with Crippen LogP contribution in [0.4, 0.5) is 5.69 Å². The lowest BCUT2D eigenvalue weighted by molar-refractivity contribution is -0.117. The summed E-state index contributed by atoms with van der Waals surface area (Å²) in [6, 6.07) is 15.1. The van der Waals surface area contributed by atoms with Crippen LogP contribution in [0.5, 0.6) is 0 Å². The van der Waals surface area contributed by atoms with Gasteiger partial charge in [0.25, 0.3) is 0 Å². The van der Waals surface area contributed by atoms with E-state index < -0.39 is 0 Å². The van der Waals surface area contributed by atoms with E-state index in [0.29, 0.717) is 12.6 Å². The number of nitrogens with one attached hydrogen (secondary N) is 1. The molecule has 2 aromatic carbocycles. The smallest absolute Gasteiger partial charge is 0.238 e. The average molecular weight is 322 g/mol. The molecule has 2 aromatic rings. The van der Waals surface area contributed by atoms with Crippen molar-refractivity contribution in [2.24, 2.45) is 0 Å². The van der Waals surface area contributed by atoms with Crippen LogP contribution in [0.1, 0.15) is 28.7 Å². The molecule has 1 aliphatic rings. The number of likely N-dealkylation sites (N-methyl/N-ethyl adjacent to an activating group) is 1. The van der Waals surface area contributed by atoms with E-state index in [0.717, 1.165) is 24.9 Å². The molecule has 3 rings (SSSR count).